The molecule has 0 aliphatic rings. The Morgan fingerprint density at radius 2 is 2.00 bits per heavy atom. The fourth-order valence-electron chi connectivity index (χ4n) is 2.92. The van der Waals surface area contributed by atoms with Crippen molar-refractivity contribution in [1.29, 1.82) is 0 Å². The number of ether oxygens (including phenoxy) is 1. The maximum atomic E-state index is 13.4. The van der Waals surface area contributed by atoms with Crippen molar-refractivity contribution in [2.45, 2.75) is 32.7 Å². The summed E-state index contributed by atoms with van der Waals surface area (Å²) < 4.78 is 22.9. The van der Waals surface area contributed by atoms with Gasteiger partial charge in [-0.1, -0.05) is 19.1 Å². The average molecular weight is 429 g/mol. The van der Waals surface area contributed by atoms with Gasteiger partial charge in [0.1, 0.15) is 17.4 Å². The predicted molar refractivity (Wildman–Crippen MR) is 117 cm³/mol. The van der Waals surface area contributed by atoms with E-state index in [9.17, 15) is 9.18 Å². The van der Waals surface area contributed by atoms with Gasteiger partial charge < -0.3 is 15.4 Å². The van der Waals surface area contributed by atoms with Crippen LogP contribution in [0.2, 0.25) is 0 Å². The summed E-state index contributed by atoms with van der Waals surface area (Å²) in [6.45, 7) is 4.30. The lowest BCUT2D eigenvalue weighted by Crippen LogP contribution is -2.39. The molecule has 1 amide bonds. The first-order chi connectivity index (χ1) is 14.5. The maximum absolute atomic E-state index is 13.4. The van der Waals surface area contributed by atoms with Gasteiger partial charge in [0.05, 0.1) is 7.11 Å². The smallest absolute Gasteiger partial charge is 0.251 e. The van der Waals surface area contributed by atoms with Crippen LogP contribution in [0.1, 0.15) is 40.7 Å². The summed E-state index contributed by atoms with van der Waals surface area (Å²) in [5, 5.41) is 6.97. The van der Waals surface area contributed by atoms with Crippen LogP contribution in [0.3, 0.4) is 0 Å². The number of halogens is 1. The molecule has 0 aliphatic heterocycles. The van der Waals surface area contributed by atoms with Gasteiger partial charge in [-0.05, 0) is 54.8 Å². The fraction of sp³-hybridized carbons (Fsp3) is 0.318. The molecule has 1 atom stereocenters. The zero-order chi connectivity index (χ0) is 21.5. The highest BCUT2D eigenvalue weighted by molar-refractivity contribution is 7.09. The minimum absolute atomic E-state index is 0.0494. The van der Waals surface area contributed by atoms with Crippen LogP contribution in [0.4, 0.5) is 9.52 Å². The van der Waals surface area contributed by atoms with Crippen LogP contribution < -0.4 is 15.4 Å². The molecule has 0 fully saturated rings. The van der Waals surface area contributed by atoms with E-state index < -0.39 is 0 Å². The van der Waals surface area contributed by atoms with E-state index in [1.54, 1.807) is 44.4 Å². The number of amides is 1. The van der Waals surface area contributed by atoms with Crippen molar-refractivity contribution in [1.82, 2.24) is 14.7 Å². The predicted octanol–water partition coefficient (Wildman–Crippen LogP) is 4.21. The largest absolute Gasteiger partial charge is 0.497 e. The van der Waals surface area contributed by atoms with Gasteiger partial charge in [-0.25, -0.2) is 9.37 Å². The summed E-state index contributed by atoms with van der Waals surface area (Å²) in [6, 6.07) is 12.0. The molecule has 0 aliphatic carbocycles. The Balaban J connectivity index is 1.53. The molecule has 3 rings (SSSR count). The Morgan fingerprint density at radius 1 is 1.23 bits per heavy atom. The van der Waals surface area contributed by atoms with Gasteiger partial charge in [-0.3, -0.25) is 4.79 Å². The summed E-state index contributed by atoms with van der Waals surface area (Å²) >= 11 is 1.28. The average Bonchev–Trinajstić information content (AvgIpc) is 3.21. The molecule has 0 radical (unpaired) electrons. The van der Waals surface area contributed by atoms with Gasteiger partial charge in [0.25, 0.3) is 5.91 Å². The van der Waals surface area contributed by atoms with Crippen molar-refractivity contribution in [3.63, 3.8) is 0 Å². The highest BCUT2D eigenvalue weighted by atomic mass is 32.1. The second-order valence-corrected chi connectivity index (χ2v) is 7.72. The monoisotopic (exact) mass is 428 g/mol. The lowest BCUT2D eigenvalue weighted by atomic mass is 10.1. The number of hydrogen-bond donors (Lipinski definition) is 2. The summed E-state index contributed by atoms with van der Waals surface area (Å²) in [5.74, 6) is 1.05. The summed E-state index contributed by atoms with van der Waals surface area (Å²) in [7, 11) is 1.59. The van der Waals surface area contributed by atoms with Gasteiger partial charge >= 0.3 is 0 Å². The Morgan fingerprint density at radius 3 is 2.67 bits per heavy atom. The Bertz CT molecular complexity index is 991. The number of carbonyl (C=O) groups excluding carboxylic acids is 1. The Labute approximate surface area is 179 Å². The molecule has 1 aromatic heterocycles. The Kier molecular flexibility index (Phi) is 7.35. The van der Waals surface area contributed by atoms with Crippen molar-refractivity contribution in [3.05, 3.63) is 70.8 Å². The number of carbonyl (C=O) groups is 1. The quantitative estimate of drug-likeness (QED) is 0.534. The van der Waals surface area contributed by atoms with E-state index in [0.717, 1.165) is 12.0 Å². The van der Waals surface area contributed by atoms with E-state index in [1.807, 2.05) is 13.0 Å². The van der Waals surface area contributed by atoms with Gasteiger partial charge in [-0.2, -0.15) is 4.37 Å². The van der Waals surface area contributed by atoms with Crippen LogP contribution in [0.15, 0.2) is 42.5 Å². The highest BCUT2D eigenvalue weighted by Gasteiger charge is 2.14. The molecule has 0 saturated carbocycles. The van der Waals surface area contributed by atoms with Gasteiger partial charge in [0.15, 0.2) is 0 Å². The number of anilines is 1. The first kappa shape index (κ1) is 21.7. The van der Waals surface area contributed by atoms with Crippen molar-refractivity contribution in [3.8, 4) is 5.75 Å². The molecule has 2 aromatic carbocycles. The maximum Gasteiger partial charge on any atom is 0.251 e. The molecule has 1 unspecified atom stereocenters. The first-order valence-electron chi connectivity index (χ1n) is 9.75. The molecule has 158 valence electrons. The molecule has 6 nitrogen and oxygen atoms in total. The Hall–Kier alpha value is -3.00. The lowest BCUT2D eigenvalue weighted by Gasteiger charge is -2.17. The van der Waals surface area contributed by atoms with Crippen molar-refractivity contribution >= 4 is 22.6 Å². The minimum atomic E-state index is -0.213. The molecule has 0 saturated heterocycles. The number of nitrogens with zero attached hydrogens (tertiary/aromatic N) is 2. The van der Waals surface area contributed by atoms with Crippen molar-refractivity contribution in [2.75, 3.05) is 19.0 Å². The highest BCUT2D eigenvalue weighted by Crippen LogP contribution is 2.17. The number of aromatic nitrogens is 2. The molecule has 30 heavy (non-hydrogen) atoms. The van der Waals surface area contributed by atoms with Crippen LogP contribution in [0.5, 0.6) is 5.75 Å². The van der Waals surface area contributed by atoms with Gasteiger partial charge in [0, 0.05) is 36.1 Å². The first-order valence-corrected chi connectivity index (χ1v) is 10.5. The summed E-state index contributed by atoms with van der Waals surface area (Å²) in [5.41, 5.74) is 2.16. The van der Waals surface area contributed by atoms with Crippen molar-refractivity contribution < 1.29 is 13.9 Å². The van der Waals surface area contributed by atoms with Gasteiger partial charge in [0.2, 0.25) is 5.13 Å². The zero-order valence-electron chi connectivity index (χ0n) is 17.2. The van der Waals surface area contributed by atoms with E-state index in [1.165, 1.54) is 17.6 Å². The van der Waals surface area contributed by atoms with Crippen LogP contribution in [-0.4, -0.2) is 35.0 Å². The summed E-state index contributed by atoms with van der Waals surface area (Å²) in [6.07, 6.45) is 1.32. The van der Waals surface area contributed by atoms with E-state index in [-0.39, 0.29) is 17.8 Å². The topological polar surface area (TPSA) is 76.1 Å². The normalized spacial score (nSPS) is 11.7. The number of hydrogen-bond acceptors (Lipinski definition) is 6. The number of aryl methyl sites for hydroxylation is 1. The standard InChI is InChI=1S/C22H25FN4O2S/c1-4-17(25-21(28)16-6-8-18(29-3)9-7-16)13-24-22-26-20(27-30-22)12-15-5-10-19(23)14(2)11-15/h5-11,17H,4,12-13H2,1-3H3,(H,25,28)(H,24,26,27). The lowest BCUT2D eigenvalue weighted by molar-refractivity contribution is 0.0938. The third kappa shape index (κ3) is 5.76. The molecule has 2 N–H and O–H groups in total. The number of nitrogens with one attached hydrogen (secondary N) is 2. The minimum Gasteiger partial charge on any atom is -0.497 e. The van der Waals surface area contributed by atoms with Gasteiger partial charge in [-0.15, -0.1) is 0 Å². The third-order valence-electron chi connectivity index (χ3n) is 4.73. The molecule has 0 bridgehead atoms. The van der Waals surface area contributed by atoms with E-state index in [0.29, 0.717) is 40.8 Å². The van der Waals surface area contributed by atoms with E-state index in [4.69, 9.17) is 4.74 Å². The molecule has 8 heteroatoms. The number of benzene rings is 2. The number of methoxy groups -OCH3 is 1. The van der Waals surface area contributed by atoms with E-state index in [2.05, 4.69) is 20.0 Å². The third-order valence-corrected chi connectivity index (χ3v) is 5.44. The summed E-state index contributed by atoms with van der Waals surface area (Å²) in [4.78, 5) is 16.9. The molecule has 3 aromatic rings. The van der Waals surface area contributed by atoms with Crippen LogP contribution in [0.25, 0.3) is 0 Å². The van der Waals surface area contributed by atoms with E-state index >= 15 is 0 Å². The molecular weight excluding hydrogens is 403 g/mol. The van der Waals surface area contributed by atoms with Crippen LogP contribution >= 0.6 is 11.5 Å². The molecule has 1 heterocycles. The number of rotatable bonds is 9. The second-order valence-electron chi connectivity index (χ2n) is 6.96. The fourth-order valence-corrected chi connectivity index (χ4v) is 3.51. The van der Waals surface area contributed by atoms with Crippen LogP contribution in [-0.2, 0) is 6.42 Å². The molecular formula is C22H25FN4O2S. The SMILES string of the molecule is CCC(CNc1nc(Cc2ccc(F)c(C)c2)ns1)NC(=O)c1ccc(OC)cc1. The second kappa shape index (κ2) is 10.2. The zero-order valence-corrected chi connectivity index (χ0v) is 18.1. The molecule has 0 spiro atoms. The van der Waals surface area contributed by atoms with Crippen molar-refractivity contribution in [2.24, 2.45) is 0 Å². The van der Waals surface area contributed by atoms with Crippen LogP contribution in [0, 0.1) is 12.7 Å².